The number of hydrogen-bond acceptors (Lipinski definition) is 3. The zero-order chi connectivity index (χ0) is 15.8. The number of morpholine rings is 1. The molecule has 0 bridgehead atoms. The van der Waals surface area contributed by atoms with Crippen LogP contribution in [-0.2, 0) is 11.2 Å². The molecule has 0 amide bonds. The number of rotatable bonds is 2. The number of fused-ring (bicyclic) bond motifs is 1. The zero-order valence-electron chi connectivity index (χ0n) is 12.9. The van der Waals surface area contributed by atoms with Crippen LogP contribution in [0.4, 0.5) is 4.39 Å². The van der Waals surface area contributed by atoms with Crippen molar-refractivity contribution in [3.8, 4) is 0 Å². The summed E-state index contributed by atoms with van der Waals surface area (Å²) in [6.07, 6.45) is 0.353. The second-order valence-corrected chi connectivity index (χ2v) is 6.32. The van der Waals surface area contributed by atoms with Crippen molar-refractivity contribution >= 4 is 0 Å². The van der Waals surface area contributed by atoms with Crippen molar-refractivity contribution in [1.82, 2.24) is 4.90 Å². The minimum atomic E-state index is -0.446. The summed E-state index contributed by atoms with van der Waals surface area (Å²) < 4.78 is 19.0. The molecule has 23 heavy (non-hydrogen) atoms. The number of ether oxygens (including phenoxy) is 1. The fraction of sp³-hybridized carbons (Fsp3) is 0.368. The van der Waals surface area contributed by atoms with Gasteiger partial charge in [0.2, 0.25) is 0 Å². The lowest BCUT2D eigenvalue weighted by atomic mass is 10.0. The van der Waals surface area contributed by atoms with Gasteiger partial charge in [-0.3, -0.25) is 4.90 Å². The molecule has 1 N–H and O–H groups in total. The van der Waals surface area contributed by atoms with Gasteiger partial charge in [0.1, 0.15) is 5.82 Å². The number of aliphatic hydroxyl groups is 1. The summed E-state index contributed by atoms with van der Waals surface area (Å²) in [6, 6.07) is 14.7. The summed E-state index contributed by atoms with van der Waals surface area (Å²) in [4.78, 5) is 2.31. The third-order valence-corrected chi connectivity index (χ3v) is 4.98. The third-order valence-electron chi connectivity index (χ3n) is 4.98. The molecule has 3 nitrogen and oxygen atoms in total. The summed E-state index contributed by atoms with van der Waals surface area (Å²) >= 11 is 0. The van der Waals surface area contributed by atoms with E-state index in [-0.39, 0.29) is 18.0 Å². The summed E-state index contributed by atoms with van der Waals surface area (Å²) in [5, 5.41) is 10.7. The lowest BCUT2D eigenvalue weighted by Crippen LogP contribution is -2.46. The van der Waals surface area contributed by atoms with E-state index in [1.54, 1.807) is 12.1 Å². The van der Waals surface area contributed by atoms with E-state index in [1.165, 1.54) is 17.7 Å². The highest BCUT2D eigenvalue weighted by molar-refractivity contribution is 5.36. The first kappa shape index (κ1) is 14.8. The Morgan fingerprint density at radius 1 is 1.09 bits per heavy atom. The zero-order valence-corrected chi connectivity index (χ0v) is 12.9. The lowest BCUT2D eigenvalue weighted by molar-refractivity contribution is -0.0633. The summed E-state index contributed by atoms with van der Waals surface area (Å²) in [5.41, 5.74) is 3.26. The lowest BCUT2D eigenvalue weighted by Gasteiger charge is -2.38. The molecule has 3 unspecified atom stereocenters. The van der Waals surface area contributed by atoms with Crippen molar-refractivity contribution < 1.29 is 14.2 Å². The Hall–Kier alpha value is -1.75. The predicted molar refractivity (Wildman–Crippen MR) is 85.6 cm³/mol. The number of halogens is 1. The first-order valence-corrected chi connectivity index (χ1v) is 8.09. The Kier molecular flexibility index (Phi) is 3.89. The molecule has 2 aromatic carbocycles. The average molecular weight is 313 g/mol. The standard InChI is InChI=1S/C19H20FNO2/c20-15-7-5-13(6-8-15)18-12-21(9-10-23-18)17-11-14-3-1-2-4-16(14)19(17)22/h1-8,17-19,22H,9-12H2. The molecule has 1 saturated heterocycles. The topological polar surface area (TPSA) is 32.7 Å². The minimum Gasteiger partial charge on any atom is -0.387 e. The van der Waals surface area contributed by atoms with Crippen LogP contribution in [-0.4, -0.2) is 35.7 Å². The van der Waals surface area contributed by atoms with Gasteiger partial charge in [0, 0.05) is 19.1 Å². The van der Waals surface area contributed by atoms with Crippen LogP contribution in [0, 0.1) is 5.82 Å². The van der Waals surface area contributed by atoms with Crippen molar-refractivity contribution in [3.63, 3.8) is 0 Å². The van der Waals surface area contributed by atoms with Gasteiger partial charge in [-0.15, -0.1) is 0 Å². The Balaban J connectivity index is 1.51. The van der Waals surface area contributed by atoms with E-state index in [0.29, 0.717) is 6.61 Å². The second-order valence-electron chi connectivity index (χ2n) is 6.32. The van der Waals surface area contributed by atoms with Gasteiger partial charge in [-0.25, -0.2) is 4.39 Å². The van der Waals surface area contributed by atoms with Crippen LogP contribution < -0.4 is 0 Å². The van der Waals surface area contributed by atoms with E-state index in [1.807, 2.05) is 18.2 Å². The van der Waals surface area contributed by atoms with Crippen LogP contribution in [0.5, 0.6) is 0 Å². The summed E-state index contributed by atoms with van der Waals surface area (Å²) in [6.45, 7) is 2.16. The molecule has 1 fully saturated rings. The largest absolute Gasteiger partial charge is 0.387 e. The molecular formula is C19H20FNO2. The number of aliphatic hydroxyl groups excluding tert-OH is 1. The van der Waals surface area contributed by atoms with Gasteiger partial charge >= 0.3 is 0 Å². The highest BCUT2D eigenvalue weighted by atomic mass is 19.1. The monoisotopic (exact) mass is 313 g/mol. The Labute approximate surface area is 135 Å². The Morgan fingerprint density at radius 2 is 1.87 bits per heavy atom. The van der Waals surface area contributed by atoms with Crippen molar-refractivity contribution in [3.05, 3.63) is 71.0 Å². The molecule has 0 radical (unpaired) electrons. The van der Waals surface area contributed by atoms with E-state index >= 15 is 0 Å². The molecule has 3 atom stereocenters. The van der Waals surface area contributed by atoms with Crippen LogP contribution in [0.2, 0.25) is 0 Å². The molecule has 4 heteroatoms. The number of benzene rings is 2. The predicted octanol–water partition coefficient (Wildman–Crippen LogP) is 2.86. The second kappa shape index (κ2) is 6.04. The molecule has 1 aliphatic heterocycles. The molecule has 1 heterocycles. The van der Waals surface area contributed by atoms with Gasteiger partial charge in [0.15, 0.2) is 0 Å². The molecule has 4 rings (SSSR count). The van der Waals surface area contributed by atoms with Crippen molar-refractivity contribution in [2.75, 3.05) is 19.7 Å². The first-order valence-electron chi connectivity index (χ1n) is 8.09. The van der Waals surface area contributed by atoms with Crippen LogP contribution in [0.15, 0.2) is 48.5 Å². The number of hydrogen-bond donors (Lipinski definition) is 1. The molecule has 0 saturated carbocycles. The molecule has 120 valence electrons. The highest BCUT2D eigenvalue weighted by Crippen LogP contribution is 2.36. The van der Waals surface area contributed by atoms with Gasteiger partial charge < -0.3 is 9.84 Å². The molecular weight excluding hydrogens is 293 g/mol. The van der Waals surface area contributed by atoms with Gasteiger partial charge in [0.05, 0.1) is 18.8 Å². The van der Waals surface area contributed by atoms with Gasteiger partial charge in [-0.1, -0.05) is 36.4 Å². The van der Waals surface area contributed by atoms with Crippen molar-refractivity contribution in [1.29, 1.82) is 0 Å². The van der Waals surface area contributed by atoms with E-state index < -0.39 is 6.10 Å². The highest BCUT2D eigenvalue weighted by Gasteiger charge is 2.37. The minimum absolute atomic E-state index is 0.0692. The molecule has 0 spiro atoms. The molecule has 0 aromatic heterocycles. The average Bonchev–Trinajstić information content (AvgIpc) is 2.93. The van der Waals surface area contributed by atoms with Crippen LogP contribution in [0.3, 0.4) is 0 Å². The number of nitrogens with zero attached hydrogens (tertiary/aromatic N) is 1. The Morgan fingerprint density at radius 3 is 2.65 bits per heavy atom. The van der Waals surface area contributed by atoms with Crippen LogP contribution in [0.25, 0.3) is 0 Å². The molecule has 2 aliphatic rings. The van der Waals surface area contributed by atoms with Gasteiger partial charge in [0.25, 0.3) is 0 Å². The van der Waals surface area contributed by atoms with Crippen LogP contribution in [0.1, 0.15) is 28.9 Å². The van der Waals surface area contributed by atoms with E-state index in [4.69, 9.17) is 4.74 Å². The maximum atomic E-state index is 13.1. The van der Waals surface area contributed by atoms with Crippen molar-refractivity contribution in [2.45, 2.75) is 24.7 Å². The molecule has 2 aromatic rings. The fourth-order valence-electron chi connectivity index (χ4n) is 3.73. The maximum Gasteiger partial charge on any atom is 0.123 e. The van der Waals surface area contributed by atoms with Crippen molar-refractivity contribution in [2.24, 2.45) is 0 Å². The van der Waals surface area contributed by atoms with E-state index in [2.05, 4.69) is 11.0 Å². The first-order chi connectivity index (χ1) is 11.2. The quantitative estimate of drug-likeness (QED) is 0.925. The SMILES string of the molecule is OC1c2ccccc2CC1N1CCOC(c2ccc(F)cc2)C1. The summed E-state index contributed by atoms with van der Waals surface area (Å²) in [5.74, 6) is -0.233. The van der Waals surface area contributed by atoms with E-state index in [9.17, 15) is 9.50 Å². The normalized spacial score (nSPS) is 27.8. The fourth-order valence-corrected chi connectivity index (χ4v) is 3.73. The maximum absolute atomic E-state index is 13.1. The van der Waals surface area contributed by atoms with Gasteiger partial charge in [-0.05, 0) is 35.2 Å². The van der Waals surface area contributed by atoms with Gasteiger partial charge in [-0.2, -0.15) is 0 Å². The molecule has 1 aliphatic carbocycles. The summed E-state index contributed by atoms with van der Waals surface area (Å²) in [7, 11) is 0. The van der Waals surface area contributed by atoms with E-state index in [0.717, 1.165) is 30.6 Å². The smallest absolute Gasteiger partial charge is 0.123 e. The Bertz CT molecular complexity index is 688. The third kappa shape index (κ3) is 2.78. The van der Waals surface area contributed by atoms with Crippen LogP contribution >= 0.6 is 0 Å².